The summed E-state index contributed by atoms with van der Waals surface area (Å²) in [6.07, 6.45) is 1.70. The fourth-order valence-electron chi connectivity index (χ4n) is 1.17. The van der Waals surface area contributed by atoms with Gasteiger partial charge in [0, 0.05) is 16.7 Å². The molecule has 0 radical (unpaired) electrons. The van der Waals surface area contributed by atoms with Crippen molar-refractivity contribution >= 4 is 15.9 Å². The molecule has 0 unspecified atom stereocenters. The highest BCUT2D eigenvalue weighted by atomic mass is 79.9. The molecular formula is C12H10BrNO. The van der Waals surface area contributed by atoms with E-state index < -0.39 is 0 Å². The first-order valence-electron chi connectivity index (χ1n) is 4.60. The Bertz CT molecular complexity index is 453. The van der Waals surface area contributed by atoms with Gasteiger partial charge >= 0.3 is 0 Å². The monoisotopic (exact) mass is 263 g/mol. The van der Waals surface area contributed by atoms with Gasteiger partial charge in [0.1, 0.15) is 5.75 Å². The molecule has 3 heteroatoms. The molecular weight excluding hydrogens is 254 g/mol. The molecule has 0 N–H and O–H groups in total. The molecule has 0 spiro atoms. The van der Waals surface area contributed by atoms with Crippen molar-refractivity contribution in [3.8, 4) is 11.6 Å². The number of ether oxygens (including phenoxy) is 1. The summed E-state index contributed by atoms with van der Waals surface area (Å²) in [6.45, 7) is 2.04. The predicted octanol–water partition coefficient (Wildman–Crippen LogP) is 3.94. The van der Waals surface area contributed by atoms with Crippen LogP contribution in [0.3, 0.4) is 0 Å². The third-order valence-corrected chi connectivity index (χ3v) is 2.43. The second-order valence-electron chi connectivity index (χ2n) is 3.23. The zero-order chi connectivity index (χ0) is 10.7. The fraction of sp³-hybridized carbons (Fsp3) is 0.0833. The molecule has 0 amide bonds. The molecule has 2 rings (SSSR count). The molecule has 1 heterocycles. The number of nitrogens with zero attached hydrogens (tertiary/aromatic N) is 1. The van der Waals surface area contributed by atoms with Crippen LogP contribution in [0.1, 0.15) is 5.56 Å². The zero-order valence-corrected chi connectivity index (χ0v) is 9.86. The van der Waals surface area contributed by atoms with Crippen LogP contribution in [0.15, 0.2) is 47.1 Å². The summed E-state index contributed by atoms with van der Waals surface area (Å²) in [7, 11) is 0. The van der Waals surface area contributed by atoms with Crippen LogP contribution < -0.4 is 4.74 Å². The van der Waals surface area contributed by atoms with E-state index in [0.717, 1.165) is 10.2 Å². The minimum atomic E-state index is 0.591. The Morgan fingerprint density at radius 3 is 2.53 bits per heavy atom. The Morgan fingerprint density at radius 1 is 1.13 bits per heavy atom. The quantitative estimate of drug-likeness (QED) is 0.819. The van der Waals surface area contributed by atoms with Crippen molar-refractivity contribution in [3.63, 3.8) is 0 Å². The minimum absolute atomic E-state index is 0.591. The van der Waals surface area contributed by atoms with Crippen LogP contribution in [-0.4, -0.2) is 4.98 Å². The Hall–Kier alpha value is -1.35. The molecule has 0 aliphatic rings. The summed E-state index contributed by atoms with van der Waals surface area (Å²) in [5.41, 5.74) is 1.21. The maximum absolute atomic E-state index is 5.57. The van der Waals surface area contributed by atoms with E-state index in [2.05, 4.69) is 20.9 Å². The minimum Gasteiger partial charge on any atom is -0.439 e. The average molecular weight is 264 g/mol. The van der Waals surface area contributed by atoms with Crippen LogP contribution in [0.25, 0.3) is 0 Å². The highest BCUT2D eigenvalue weighted by Gasteiger charge is 1.98. The largest absolute Gasteiger partial charge is 0.439 e. The molecule has 2 aromatic rings. The van der Waals surface area contributed by atoms with Gasteiger partial charge in [-0.15, -0.1) is 0 Å². The summed E-state index contributed by atoms with van der Waals surface area (Å²) in [5.74, 6) is 1.39. The molecule has 0 aliphatic heterocycles. The Kier molecular flexibility index (Phi) is 3.02. The summed E-state index contributed by atoms with van der Waals surface area (Å²) in [6, 6.07) is 11.6. The number of halogens is 1. The number of aromatic nitrogens is 1. The molecule has 1 aromatic carbocycles. The highest BCUT2D eigenvalue weighted by Crippen LogP contribution is 2.21. The Morgan fingerprint density at radius 2 is 1.87 bits per heavy atom. The van der Waals surface area contributed by atoms with Crippen molar-refractivity contribution in [1.29, 1.82) is 0 Å². The second kappa shape index (κ2) is 4.45. The van der Waals surface area contributed by atoms with Gasteiger partial charge in [-0.2, -0.15) is 0 Å². The lowest BCUT2D eigenvalue weighted by atomic mass is 10.2. The number of pyridine rings is 1. The van der Waals surface area contributed by atoms with Crippen molar-refractivity contribution < 1.29 is 4.74 Å². The normalized spacial score (nSPS) is 10.0. The summed E-state index contributed by atoms with van der Waals surface area (Å²) >= 11 is 3.37. The van der Waals surface area contributed by atoms with Gasteiger partial charge in [0.2, 0.25) is 5.88 Å². The molecule has 0 saturated carbocycles. The lowest BCUT2D eigenvalue weighted by molar-refractivity contribution is 0.462. The van der Waals surface area contributed by atoms with Crippen molar-refractivity contribution in [2.75, 3.05) is 0 Å². The van der Waals surface area contributed by atoms with Gasteiger partial charge in [-0.05, 0) is 25.1 Å². The highest BCUT2D eigenvalue weighted by molar-refractivity contribution is 9.10. The topological polar surface area (TPSA) is 22.1 Å². The van der Waals surface area contributed by atoms with Crippen LogP contribution in [0.4, 0.5) is 0 Å². The van der Waals surface area contributed by atoms with Gasteiger partial charge in [0.25, 0.3) is 0 Å². The summed E-state index contributed by atoms with van der Waals surface area (Å²) in [4.78, 5) is 4.11. The first-order chi connectivity index (χ1) is 7.24. The van der Waals surface area contributed by atoms with E-state index in [4.69, 9.17) is 4.74 Å². The number of aryl methyl sites for hydroxylation is 1. The van der Waals surface area contributed by atoms with Gasteiger partial charge in [-0.3, -0.25) is 0 Å². The standard InChI is InChI=1S/C12H10BrNO/c1-9-2-4-11(5-3-9)15-12-8-10(13)6-7-14-12/h2-8H,1H3. The van der Waals surface area contributed by atoms with Gasteiger partial charge in [0.15, 0.2) is 0 Å². The molecule has 0 fully saturated rings. The number of benzene rings is 1. The molecule has 0 bridgehead atoms. The van der Waals surface area contributed by atoms with Crippen LogP contribution in [0.5, 0.6) is 11.6 Å². The van der Waals surface area contributed by atoms with E-state index >= 15 is 0 Å². The summed E-state index contributed by atoms with van der Waals surface area (Å²) in [5, 5.41) is 0. The number of rotatable bonds is 2. The number of hydrogen-bond donors (Lipinski definition) is 0. The Balaban J connectivity index is 2.18. The molecule has 15 heavy (non-hydrogen) atoms. The lowest BCUT2D eigenvalue weighted by Gasteiger charge is -2.04. The van der Waals surface area contributed by atoms with E-state index in [1.54, 1.807) is 6.20 Å². The van der Waals surface area contributed by atoms with Crippen LogP contribution in [0.2, 0.25) is 0 Å². The summed E-state index contributed by atoms with van der Waals surface area (Å²) < 4.78 is 6.53. The molecule has 1 aromatic heterocycles. The van der Waals surface area contributed by atoms with Gasteiger partial charge in [0.05, 0.1) is 0 Å². The molecule has 76 valence electrons. The van der Waals surface area contributed by atoms with Crippen molar-refractivity contribution in [1.82, 2.24) is 4.98 Å². The van der Waals surface area contributed by atoms with E-state index in [-0.39, 0.29) is 0 Å². The molecule has 0 saturated heterocycles. The predicted molar refractivity (Wildman–Crippen MR) is 63.2 cm³/mol. The molecule has 0 atom stereocenters. The third-order valence-electron chi connectivity index (χ3n) is 1.94. The van der Waals surface area contributed by atoms with Crippen LogP contribution >= 0.6 is 15.9 Å². The second-order valence-corrected chi connectivity index (χ2v) is 4.14. The maximum atomic E-state index is 5.57. The van der Waals surface area contributed by atoms with Crippen molar-refractivity contribution in [3.05, 3.63) is 52.6 Å². The van der Waals surface area contributed by atoms with Crippen LogP contribution in [0, 0.1) is 6.92 Å². The lowest BCUT2D eigenvalue weighted by Crippen LogP contribution is -1.87. The zero-order valence-electron chi connectivity index (χ0n) is 8.27. The Labute approximate surface area is 97.1 Å². The van der Waals surface area contributed by atoms with E-state index in [1.165, 1.54) is 5.56 Å². The van der Waals surface area contributed by atoms with E-state index in [1.807, 2.05) is 43.3 Å². The molecule has 0 aliphatic carbocycles. The average Bonchev–Trinajstić information content (AvgIpc) is 2.22. The molecule has 2 nitrogen and oxygen atoms in total. The third kappa shape index (κ3) is 2.80. The fourth-order valence-corrected chi connectivity index (χ4v) is 1.48. The first-order valence-corrected chi connectivity index (χ1v) is 5.39. The maximum Gasteiger partial charge on any atom is 0.220 e. The number of hydrogen-bond acceptors (Lipinski definition) is 2. The van der Waals surface area contributed by atoms with Crippen molar-refractivity contribution in [2.45, 2.75) is 6.92 Å². The van der Waals surface area contributed by atoms with Crippen molar-refractivity contribution in [2.24, 2.45) is 0 Å². The van der Waals surface area contributed by atoms with Gasteiger partial charge in [-0.25, -0.2) is 4.98 Å². The smallest absolute Gasteiger partial charge is 0.220 e. The van der Waals surface area contributed by atoms with Gasteiger partial charge in [-0.1, -0.05) is 33.6 Å². The SMILES string of the molecule is Cc1ccc(Oc2cc(Br)ccn2)cc1. The van der Waals surface area contributed by atoms with E-state index in [9.17, 15) is 0 Å². The first kappa shape index (κ1) is 10.2. The van der Waals surface area contributed by atoms with E-state index in [0.29, 0.717) is 5.88 Å². The van der Waals surface area contributed by atoms with Gasteiger partial charge < -0.3 is 4.74 Å². The van der Waals surface area contributed by atoms with Crippen LogP contribution in [-0.2, 0) is 0 Å².